The first-order valence-electron chi connectivity index (χ1n) is 6.82. The lowest BCUT2D eigenvalue weighted by Gasteiger charge is -2.07. The molecule has 0 unspecified atom stereocenters. The van der Waals surface area contributed by atoms with Gasteiger partial charge in [0.2, 0.25) is 4.96 Å². The van der Waals surface area contributed by atoms with Crippen molar-refractivity contribution >= 4 is 22.2 Å². The Kier molecular flexibility index (Phi) is 4.29. The van der Waals surface area contributed by atoms with Crippen molar-refractivity contribution in [2.24, 2.45) is 0 Å². The maximum absolute atomic E-state index is 11.7. The number of hydrogen-bond acceptors (Lipinski definition) is 6. The average Bonchev–Trinajstić information content (AvgIpc) is 3.06. The number of nitrogens with zero attached hydrogens (tertiary/aromatic N) is 4. The van der Waals surface area contributed by atoms with Gasteiger partial charge in [-0.3, -0.25) is 4.79 Å². The summed E-state index contributed by atoms with van der Waals surface area (Å²) in [6, 6.07) is 7.61. The van der Waals surface area contributed by atoms with E-state index in [-0.39, 0.29) is 12.5 Å². The topological polar surface area (TPSA) is 81.4 Å². The second-order valence-corrected chi connectivity index (χ2v) is 5.80. The van der Waals surface area contributed by atoms with Gasteiger partial charge in [-0.15, -0.1) is 10.2 Å². The van der Waals surface area contributed by atoms with E-state index in [0.29, 0.717) is 18.7 Å². The number of carbonyl (C=O) groups is 1. The Morgan fingerprint density at radius 3 is 3.18 bits per heavy atom. The van der Waals surface area contributed by atoms with Crippen molar-refractivity contribution in [3.63, 3.8) is 0 Å². The van der Waals surface area contributed by atoms with E-state index in [1.54, 1.807) is 10.8 Å². The third-order valence-corrected chi connectivity index (χ3v) is 3.92. The molecular weight excluding hydrogens is 302 g/mol. The number of hydrogen-bond donors (Lipinski definition) is 1. The number of fused-ring (bicyclic) bond motifs is 1. The maximum atomic E-state index is 11.7. The minimum Gasteiger partial charge on any atom is -0.484 e. The molecule has 0 radical (unpaired) electrons. The van der Waals surface area contributed by atoms with Crippen molar-refractivity contribution in [3.8, 4) is 5.75 Å². The van der Waals surface area contributed by atoms with E-state index < -0.39 is 0 Å². The van der Waals surface area contributed by atoms with Crippen LogP contribution in [0.1, 0.15) is 10.6 Å². The van der Waals surface area contributed by atoms with Crippen molar-refractivity contribution in [3.05, 3.63) is 41.2 Å². The van der Waals surface area contributed by atoms with Crippen LogP contribution in [-0.2, 0) is 11.2 Å². The zero-order chi connectivity index (χ0) is 15.4. The molecule has 1 amide bonds. The molecule has 0 bridgehead atoms. The summed E-state index contributed by atoms with van der Waals surface area (Å²) >= 11 is 1.46. The predicted molar refractivity (Wildman–Crippen MR) is 82.0 cm³/mol. The Balaban J connectivity index is 1.41. The molecule has 8 heteroatoms. The van der Waals surface area contributed by atoms with E-state index >= 15 is 0 Å². The molecule has 0 atom stereocenters. The molecule has 0 spiro atoms. The second-order valence-electron chi connectivity index (χ2n) is 4.76. The third kappa shape index (κ3) is 3.59. The number of nitrogens with one attached hydrogen (secondary N) is 1. The van der Waals surface area contributed by atoms with Crippen LogP contribution in [0.4, 0.5) is 0 Å². The first-order valence-corrected chi connectivity index (χ1v) is 7.64. The summed E-state index contributed by atoms with van der Waals surface area (Å²) in [6.07, 6.45) is 2.22. The standard InChI is InChI=1S/C14H15N5O2S/c1-10-3-2-4-11(7-10)21-8-12(20)15-6-5-13-18-19-9-16-17-14(19)22-13/h2-4,7,9H,5-6,8H2,1H3,(H,15,20). The van der Waals surface area contributed by atoms with Crippen molar-refractivity contribution in [1.82, 2.24) is 25.1 Å². The summed E-state index contributed by atoms with van der Waals surface area (Å²) in [5, 5.41) is 15.7. The van der Waals surface area contributed by atoms with E-state index in [1.807, 2.05) is 31.2 Å². The van der Waals surface area contributed by atoms with E-state index in [1.165, 1.54) is 11.3 Å². The lowest BCUT2D eigenvalue weighted by atomic mass is 10.2. The monoisotopic (exact) mass is 317 g/mol. The zero-order valence-corrected chi connectivity index (χ0v) is 12.8. The van der Waals surface area contributed by atoms with Crippen LogP contribution in [0.2, 0.25) is 0 Å². The van der Waals surface area contributed by atoms with Crippen LogP contribution in [-0.4, -0.2) is 38.9 Å². The molecule has 3 rings (SSSR count). The predicted octanol–water partition coefficient (Wildman–Crippen LogP) is 1.23. The third-order valence-electron chi connectivity index (χ3n) is 2.95. The number of rotatable bonds is 6. The molecule has 7 nitrogen and oxygen atoms in total. The van der Waals surface area contributed by atoms with Crippen molar-refractivity contribution < 1.29 is 9.53 Å². The minimum atomic E-state index is -0.149. The summed E-state index contributed by atoms with van der Waals surface area (Å²) in [5.74, 6) is 0.549. The minimum absolute atomic E-state index is 0.00850. The van der Waals surface area contributed by atoms with E-state index in [2.05, 4.69) is 20.6 Å². The fourth-order valence-corrected chi connectivity index (χ4v) is 2.73. The molecule has 3 aromatic rings. The van der Waals surface area contributed by atoms with Gasteiger partial charge < -0.3 is 10.1 Å². The summed E-state index contributed by atoms with van der Waals surface area (Å²) < 4.78 is 7.07. The van der Waals surface area contributed by atoms with Gasteiger partial charge in [-0.1, -0.05) is 23.5 Å². The van der Waals surface area contributed by atoms with E-state index in [9.17, 15) is 4.79 Å². The molecule has 0 saturated carbocycles. The highest BCUT2D eigenvalue weighted by Crippen LogP contribution is 2.12. The first kappa shape index (κ1) is 14.5. The van der Waals surface area contributed by atoms with Gasteiger partial charge in [0.25, 0.3) is 5.91 Å². The van der Waals surface area contributed by atoms with Crippen LogP contribution in [0.5, 0.6) is 5.75 Å². The molecule has 0 fully saturated rings. The van der Waals surface area contributed by atoms with Gasteiger partial charge in [-0.25, -0.2) is 0 Å². The van der Waals surface area contributed by atoms with Crippen molar-refractivity contribution in [2.45, 2.75) is 13.3 Å². The van der Waals surface area contributed by atoms with Gasteiger partial charge in [0.05, 0.1) is 0 Å². The highest BCUT2D eigenvalue weighted by molar-refractivity contribution is 7.16. The van der Waals surface area contributed by atoms with Gasteiger partial charge in [0.15, 0.2) is 6.61 Å². The maximum Gasteiger partial charge on any atom is 0.257 e. The fraction of sp³-hybridized carbons (Fsp3) is 0.286. The van der Waals surface area contributed by atoms with E-state index in [0.717, 1.165) is 15.5 Å². The molecule has 0 aliphatic heterocycles. The molecule has 1 aromatic carbocycles. The molecular formula is C14H15N5O2S. The van der Waals surface area contributed by atoms with Gasteiger partial charge >= 0.3 is 0 Å². The van der Waals surface area contributed by atoms with Crippen molar-refractivity contribution in [2.75, 3.05) is 13.2 Å². The lowest BCUT2D eigenvalue weighted by Crippen LogP contribution is -2.30. The quantitative estimate of drug-likeness (QED) is 0.739. The second kappa shape index (κ2) is 6.52. The van der Waals surface area contributed by atoms with Crippen molar-refractivity contribution in [1.29, 1.82) is 0 Å². The molecule has 2 heterocycles. The molecule has 0 saturated heterocycles. The number of carbonyl (C=O) groups excluding carboxylic acids is 1. The number of aryl methyl sites for hydroxylation is 1. The summed E-state index contributed by atoms with van der Waals surface area (Å²) in [6.45, 7) is 2.50. The van der Waals surface area contributed by atoms with Gasteiger partial charge in [0.1, 0.15) is 17.1 Å². The van der Waals surface area contributed by atoms with Crippen LogP contribution < -0.4 is 10.1 Å². The molecule has 1 N–H and O–H groups in total. The molecule has 0 aliphatic rings. The Hall–Kier alpha value is -2.48. The largest absolute Gasteiger partial charge is 0.484 e. The van der Waals surface area contributed by atoms with Gasteiger partial charge in [0, 0.05) is 13.0 Å². The van der Waals surface area contributed by atoms with Crippen LogP contribution in [0, 0.1) is 6.92 Å². The smallest absolute Gasteiger partial charge is 0.257 e. The SMILES string of the molecule is Cc1cccc(OCC(=O)NCCc2nn3cnnc3s2)c1. The van der Waals surface area contributed by atoms with Crippen LogP contribution in [0.25, 0.3) is 4.96 Å². The van der Waals surface area contributed by atoms with Crippen LogP contribution in [0.15, 0.2) is 30.6 Å². The Bertz CT molecular complexity index is 754. The Morgan fingerprint density at radius 1 is 1.45 bits per heavy atom. The summed E-state index contributed by atoms with van der Waals surface area (Å²) in [5.41, 5.74) is 1.10. The summed E-state index contributed by atoms with van der Waals surface area (Å²) in [7, 11) is 0. The fourth-order valence-electron chi connectivity index (χ4n) is 1.92. The first-order chi connectivity index (χ1) is 10.7. The Morgan fingerprint density at radius 2 is 2.36 bits per heavy atom. The van der Waals surface area contributed by atoms with E-state index in [4.69, 9.17) is 4.74 Å². The summed E-state index contributed by atoms with van der Waals surface area (Å²) in [4.78, 5) is 12.5. The number of benzene rings is 1. The molecule has 2 aromatic heterocycles. The highest BCUT2D eigenvalue weighted by atomic mass is 32.1. The zero-order valence-electron chi connectivity index (χ0n) is 12.0. The van der Waals surface area contributed by atoms with Gasteiger partial charge in [-0.2, -0.15) is 9.61 Å². The van der Waals surface area contributed by atoms with Crippen LogP contribution >= 0.6 is 11.3 Å². The Labute approximate surface area is 130 Å². The number of aromatic nitrogens is 4. The number of amides is 1. The normalized spacial score (nSPS) is 10.8. The molecule has 114 valence electrons. The van der Waals surface area contributed by atoms with Gasteiger partial charge in [-0.05, 0) is 24.6 Å². The molecule has 0 aliphatic carbocycles. The molecule has 22 heavy (non-hydrogen) atoms. The van der Waals surface area contributed by atoms with Crippen LogP contribution in [0.3, 0.4) is 0 Å². The average molecular weight is 317 g/mol. The lowest BCUT2D eigenvalue weighted by molar-refractivity contribution is -0.123. The number of ether oxygens (including phenoxy) is 1. The highest BCUT2D eigenvalue weighted by Gasteiger charge is 2.07.